The zero-order chi connectivity index (χ0) is 16.9. The number of aldehydes is 1. The average Bonchev–Trinajstić information content (AvgIpc) is 2.63. The fourth-order valence-corrected chi connectivity index (χ4v) is 3.75. The summed E-state index contributed by atoms with van der Waals surface area (Å²) < 4.78 is 0. The third-order valence-electron chi connectivity index (χ3n) is 5.04. The minimum Gasteiger partial charge on any atom is -0.508 e. The standard InChI is InChI=1S/C11H12O2.C10H12O/c12-7-8-5-6-11(13)10-4-2-1-3-9(8)10;11-10-7-3-5-8-4-1-2-6-9(8)10/h5-7,13H,1-4H2;3,5,7,11H,1-2,4,6H2. The smallest absolute Gasteiger partial charge is 0.150 e. The molecule has 4 rings (SSSR count). The van der Waals surface area contributed by atoms with E-state index < -0.39 is 0 Å². The highest BCUT2D eigenvalue weighted by atomic mass is 16.3. The van der Waals surface area contributed by atoms with Crippen LogP contribution in [0.25, 0.3) is 0 Å². The zero-order valence-corrected chi connectivity index (χ0v) is 13.9. The van der Waals surface area contributed by atoms with Gasteiger partial charge in [0.2, 0.25) is 0 Å². The molecule has 0 atom stereocenters. The fourth-order valence-electron chi connectivity index (χ4n) is 3.75. The van der Waals surface area contributed by atoms with Crippen molar-refractivity contribution in [3.63, 3.8) is 0 Å². The Kier molecular flexibility index (Phi) is 5.19. The molecule has 0 heterocycles. The molecule has 0 saturated carbocycles. The number of phenols is 2. The molecule has 0 bridgehead atoms. The molecule has 2 aromatic rings. The fraction of sp³-hybridized carbons (Fsp3) is 0.381. The lowest BCUT2D eigenvalue weighted by molar-refractivity contribution is 0.112. The van der Waals surface area contributed by atoms with Crippen molar-refractivity contribution in [3.8, 4) is 11.5 Å². The number of phenolic OH excluding ortho intramolecular Hbond substituents is 2. The van der Waals surface area contributed by atoms with Crippen molar-refractivity contribution >= 4 is 6.29 Å². The number of fused-ring (bicyclic) bond motifs is 2. The Morgan fingerprint density at radius 2 is 1.33 bits per heavy atom. The number of hydrogen-bond donors (Lipinski definition) is 2. The van der Waals surface area contributed by atoms with Crippen LogP contribution in [-0.4, -0.2) is 16.5 Å². The molecule has 0 spiro atoms. The van der Waals surface area contributed by atoms with E-state index in [-0.39, 0.29) is 0 Å². The Morgan fingerprint density at radius 3 is 2.04 bits per heavy atom. The minimum absolute atomic E-state index is 0.348. The number of hydrogen-bond acceptors (Lipinski definition) is 3. The number of aryl methyl sites for hydroxylation is 1. The van der Waals surface area contributed by atoms with E-state index in [4.69, 9.17) is 0 Å². The molecule has 0 fully saturated rings. The second-order valence-corrected chi connectivity index (χ2v) is 6.58. The number of benzene rings is 2. The zero-order valence-electron chi connectivity index (χ0n) is 13.9. The molecule has 0 radical (unpaired) electrons. The molecule has 3 nitrogen and oxygen atoms in total. The topological polar surface area (TPSA) is 57.5 Å². The second kappa shape index (κ2) is 7.52. The SMILES string of the molecule is O=Cc1ccc(O)c2c1CCCC2.Oc1cccc2c1CCCC2. The van der Waals surface area contributed by atoms with Crippen LogP contribution in [-0.2, 0) is 25.7 Å². The van der Waals surface area contributed by atoms with Gasteiger partial charge >= 0.3 is 0 Å². The maximum atomic E-state index is 10.7. The molecule has 24 heavy (non-hydrogen) atoms. The lowest BCUT2D eigenvalue weighted by atomic mass is 9.88. The van der Waals surface area contributed by atoms with Crippen LogP contribution < -0.4 is 0 Å². The van der Waals surface area contributed by atoms with Crippen LogP contribution in [0.3, 0.4) is 0 Å². The minimum atomic E-state index is 0.348. The van der Waals surface area contributed by atoms with E-state index >= 15 is 0 Å². The van der Waals surface area contributed by atoms with Gasteiger partial charge in [-0.2, -0.15) is 0 Å². The van der Waals surface area contributed by atoms with Crippen molar-refractivity contribution in [1.29, 1.82) is 0 Å². The van der Waals surface area contributed by atoms with Gasteiger partial charge in [0, 0.05) is 5.56 Å². The molecule has 0 aromatic heterocycles. The van der Waals surface area contributed by atoms with Crippen LogP contribution in [0.2, 0.25) is 0 Å². The number of carbonyl (C=O) groups excluding carboxylic acids is 1. The maximum Gasteiger partial charge on any atom is 0.150 e. The summed E-state index contributed by atoms with van der Waals surface area (Å²) in [6.07, 6.45) is 9.65. The van der Waals surface area contributed by atoms with Gasteiger partial charge in [0.1, 0.15) is 17.8 Å². The van der Waals surface area contributed by atoms with Gasteiger partial charge < -0.3 is 10.2 Å². The van der Waals surface area contributed by atoms with Gasteiger partial charge in [-0.1, -0.05) is 12.1 Å². The largest absolute Gasteiger partial charge is 0.508 e. The summed E-state index contributed by atoms with van der Waals surface area (Å²) >= 11 is 0. The quantitative estimate of drug-likeness (QED) is 0.767. The van der Waals surface area contributed by atoms with Gasteiger partial charge in [-0.05, 0) is 91.8 Å². The van der Waals surface area contributed by atoms with Gasteiger partial charge in [-0.15, -0.1) is 0 Å². The van der Waals surface area contributed by atoms with Crippen molar-refractivity contribution in [1.82, 2.24) is 0 Å². The van der Waals surface area contributed by atoms with E-state index in [1.54, 1.807) is 18.2 Å². The number of carbonyl (C=O) groups is 1. The normalized spacial score (nSPS) is 15.5. The molecule has 2 N–H and O–H groups in total. The average molecular weight is 324 g/mol. The summed E-state index contributed by atoms with van der Waals surface area (Å²) in [7, 11) is 0. The molecule has 0 unspecified atom stereocenters. The van der Waals surface area contributed by atoms with E-state index in [1.165, 1.54) is 24.0 Å². The van der Waals surface area contributed by atoms with E-state index in [1.807, 2.05) is 6.07 Å². The van der Waals surface area contributed by atoms with Crippen molar-refractivity contribution in [2.24, 2.45) is 0 Å². The summed E-state index contributed by atoms with van der Waals surface area (Å²) in [5.41, 5.74) is 5.31. The number of rotatable bonds is 1. The molecular weight excluding hydrogens is 300 g/mol. The number of aromatic hydroxyl groups is 2. The highest BCUT2D eigenvalue weighted by Gasteiger charge is 2.16. The molecule has 2 aromatic carbocycles. The second-order valence-electron chi connectivity index (χ2n) is 6.58. The molecule has 0 aliphatic heterocycles. The first-order valence-electron chi connectivity index (χ1n) is 8.79. The van der Waals surface area contributed by atoms with Gasteiger partial charge in [0.05, 0.1) is 0 Å². The molecule has 0 amide bonds. The van der Waals surface area contributed by atoms with E-state index in [0.29, 0.717) is 11.5 Å². The summed E-state index contributed by atoms with van der Waals surface area (Å²) in [6, 6.07) is 9.15. The predicted octanol–water partition coefficient (Wildman–Crippen LogP) is 4.35. The summed E-state index contributed by atoms with van der Waals surface area (Å²) in [4.78, 5) is 10.7. The van der Waals surface area contributed by atoms with Crippen molar-refractivity contribution in [2.45, 2.75) is 51.4 Å². The van der Waals surface area contributed by atoms with Crippen LogP contribution in [0.5, 0.6) is 11.5 Å². The Bertz CT molecular complexity index is 734. The van der Waals surface area contributed by atoms with Gasteiger partial charge in [0.15, 0.2) is 0 Å². The van der Waals surface area contributed by atoms with Crippen LogP contribution >= 0.6 is 0 Å². The lowest BCUT2D eigenvalue weighted by Crippen LogP contribution is -2.06. The van der Waals surface area contributed by atoms with Gasteiger partial charge in [-0.25, -0.2) is 0 Å². The molecule has 2 aliphatic rings. The first kappa shape index (κ1) is 16.6. The maximum absolute atomic E-state index is 10.7. The Morgan fingerprint density at radius 1 is 0.708 bits per heavy atom. The predicted molar refractivity (Wildman–Crippen MR) is 94.9 cm³/mol. The molecular formula is C21H24O3. The van der Waals surface area contributed by atoms with Crippen LogP contribution in [0, 0.1) is 0 Å². The van der Waals surface area contributed by atoms with Crippen LogP contribution in [0.15, 0.2) is 30.3 Å². The summed E-state index contributed by atoms with van der Waals surface area (Å²) in [5, 5.41) is 19.0. The molecule has 126 valence electrons. The van der Waals surface area contributed by atoms with E-state index in [2.05, 4.69) is 6.07 Å². The Hall–Kier alpha value is -2.29. The first-order chi connectivity index (χ1) is 11.7. The van der Waals surface area contributed by atoms with Crippen LogP contribution in [0.4, 0.5) is 0 Å². The Labute approximate surface area is 143 Å². The first-order valence-corrected chi connectivity index (χ1v) is 8.79. The molecule has 3 heteroatoms. The monoisotopic (exact) mass is 324 g/mol. The summed E-state index contributed by atoms with van der Waals surface area (Å²) in [5.74, 6) is 0.836. The van der Waals surface area contributed by atoms with E-state index in [0.717, 1.165) is 61.5 Å². The lowest BCUT2D eigenvalue weighted by Gasteiger charge is -2.18. The van der Waals surface area contributed by atoms with Crippen LogP contribution in [0.1, 0.15) is 58.3 Å². The Balaban J connectivity index is 0.000000143. The highest BCUT2D eigenvalue weighted by Crippen LogP contribution is 2.30. The highest BCUT2D eigenvalue weighted by molar-refractivity contribution is 5.79. The van der Waals surface area contributed by atoms with Crippen molar-refractivity contribution in [3.05, 3.63) is 58.1 Å². The van der Waals surface area contributed by atoms with Crippen molar-refractivity contribution in [2.75, 3.05) is 0 Å². The van der Waals surface area contributed by atoms with E-state index in [9.17, 15) is 15.0 Å². The molecule has 2 aliphatic carbocycles. The molecule has 0 saturated heterocycles. The summed E-state index contributed by atoms with van der Waals surface area (Å²) in [6.45, 7) is 0. The van der Waals surface area contributed by atoms with Crippen molar-refractivity contribution < 1.29 is 15.0 Å². The van der Waals surface area contributed by atoms with Gasteiger partial charge in [-0.3, -0.25) is 4.79 Å². The van der Waals surface area contributed by atoms with Gasteiger partial charge in [0.25, 0.3) is 0 Å². The third kappa shape index (κ3) is 3.45. The third-order valence-corrected chi connectivity index (χ3v) is 5.04.